The highest BCUT2D eigenvalue weighted by Crippen LogP contribution is 2.32. The van der Waals surface area contributed by atoms with E-state index in [1.807, 2.05) is 55.5 Å². The summed E-state index contributed by atoms with van der Waals surface area (Å²) in [6.45, 7) is 8.25. The highest BCUT2D eigenvalue weighted by atomic mass is 15.2. The van der Waals surface area contributed by atoms with E-state index in [1.165, 1.54) is 0 Å². The van der Waals surface area contributed by atoms with Crippen molar-refractivity contribution in [2.75, 3.05) is 26.0 Å². The van der Waals surface area contributed by atoms with Gasteiger partial charge in [-0.25, -0.2) is 15.0 Å². The highest BCUT2D eigenvalue weighted by Gasteiger charge is 2.25. The zero-order valence-corrected chi connectivity index (χ0v) is 18.9. The lowest BCUT2D eigenvalue weighted by atomic mass is 9.92. The first-order chi connectivity index (χ1) is 14.8. The van der Waals surface area contributed by atoms with E-state index < -0.39 is 0 Å². The van der Waals surface area contributed by atoms with Gasteiger partial charge in [0, 0.05) is 24.3 Å². The Balaban J connectivity index is 1.89. The molecule has 6 heteroatoms. The molecular formula is C25H30N6. The number of hydrogen-bond acceptors (Lipinski definition) is 5. The molecule has 2 heterocycles. The predicted molar refractivity (Wildman–Crippen MR) is 128 cm³/mol. The fourth-order valence-electron chi connectivity index (χ4n) is 4.15. The number of rotatable bonds is 7. The van der Waals surface area contributed by atoms with Gasteiger partial charge in [0.2, 0.25) is 0 Å². The Morgan fingerprint density at radius 3 is 2.19 bits per heavy atom. The number of nitrogens with one attached hydrogen (secondary N) is 1. The Morgan fingerprint density at radius 1 is 0.903 bits per heavy atom. The molecule has 0 aliphatic rings. The van der Waals surface area contributed by atoms with Gasteiger partial charge in [-0.15, -0.1) is 0 Å². The first-order valence-electron chi connectivity index (χ1n) is 10.6. The zero-order valence-electron chi connectivity index (χ0n) is 18.9. The molecule has 0 bridgehead atoms. The van der Waals surface area contributed by atoms with Crippen molar-refractivity contribution in [2.45, 2.75) is 27.3 Å². The summed E-state index contributed by atoms with van der Waals surface area (Å²) in [6.07, 6.45) is 0. The fraction of sp³-hybridized carbons (Fsp3) is 0.320. The summed E-state index contributed by atoms with van der Waals surface area (Å²) in [4.78, 5) is 16.8. The molecule has 0 amide bonds. The van der Waals surface area contributed by atoms with Gasteiger partial charge in [0.1, 0.15) is 11.6 Å². The minimum Gasteiger partial charge on any atom is -0.338 e. The largest absolute Gasteiger partial charge is 0.338 e. The lowest BCUT2D eigenvalue weighted by Crippen LogP contribution is -2.32. The summed E-state index contributed by atoms with van der Waals surface area (Å²) in [7, 11) is 4.22. The van der Waals surface area contributed by atoms with E-state index in [9.17, 15) is 0 Å². The molecule has 31 heavy (non-hydrogen) atoms. The van der Waals surface area contributed by atoms with E-state index >= 15 is 0 Å². The minimum atomic E-state index is 0.0343. The maximum atomic E-state index is 5.05. The molecule has 1 N–H and O–H groups in total. The molecule has 0 saturated carbocycles. The summed E-state index contributed by atoms with van der Waals surface area (Å²) < 4.78 is 2.25. The topological polar surface area (TPSA) is 58.9 Å². The third-order valence-electron chi connectivity index (χ3n) is 5.11. The number of benzene rings is 2. The summed E-state index contributed by atoms with van der Waals surface area (Å²) in [5, 5.41) is 3.44. The van der Waals surface area contributed by atoms with Crippen molar-refractivity contribution in [3.8, 4) is 11.4 Å². The van der Waals surface area contributed by atoms with Gasteiger partial charge in [-0.1, -0.05) is 62.4 Å². The second kappa shape index (κ2) is 8.47. The third kappa shape index (κ3) is 4.75. The van der Waals surface area contributed by atoms with Crippen molar-refractivity contribution in [3.63, 3.8) is 0 Å². The molecule has 4 rings (SSSR count). The van der Waals surface area contributed by atoms with Gasteiger partial charge in [0.05, 0.1) is 0 Å². The summed E-state index contributed by atoms with van der Waals surface area (Å²) in [5.41, 5.74) is 3.73. The molecule has 6 nitrogen and oxygen atoms in total. The normalized spacial score (nSPS) is 11.9. The Morgan fingerprint density at radius 2 is 1.55 bits per heavy atom. The average molecular weight is 415 g/mol. The number of nitrogens with zero attached hydrogens (tertiary/aromatic N) is 5. The van der Waals surface area contributed by atoms with Crippen LogP contribution in [0.4, 0.5) is 11.5 Å². The second-order valence-electron chi connectivity index (χ2n) is 9.07. The summed E-state index contributed by atoms with van der Waals surface area (Å²) in [5.74, 6) is 2.37. The maximum Gasteiger partial charge on any atom is 0.166 e. The van der Waals surface area contributed by atoms with E-state index in [0.717, 1.165) is 53.0 Å². The molecule has 2 aromatic heterocycles. The smallest absolute Gasteiger partial charge is 0.166 e. The molecule has 0 aliphatic heterocycles. The van der Waals surface area contributed by atoms with Crippen LogP contribution in [0, 0.1) is 12.3 Å². The van der Waals surface area contributed by atoms with Gasteiger partial charge < -0.3 is 14.8 Å². The number of anilines is 2. The molecule has 0 atom stereocenters. The van der Waals surface area contributed by atoms with Crippen LogP contribution in [0.1, 0.15) is 19.7 Å². The Bertz CT molecular complexity index is 1160. The molecule has 160 valence electrons. The van der Waals surface area contributed by atoms with Crippen molar-refractivity contribution < 1.29 is 0 Å². The average Bonchev–Trinajstić information content (AvgIpc) is 3.06. The van der Waals surface area contributed by atoms with Crippen LogP contribution < -0.4 is 5.32 Å². The van der Waals surface area contributed by atoms with Crippen LogP contribution in [0.3, 0.4) is 0 Å². The van der Waals surface area contributed by atoms with Gasteiger partial charge in [-0.3, -0.25) is 0 Å². The summed E-state index contributed by atoms with van der Waals surface area (Å²) >= 11 is 0. The molecule has 0 spiro atoms. The van der Waals surface area contributed by atoms with Crippen molar-refractivity contribution in [1.29, 1.82) is 0 Å². The second-order valence-corrected chi connectivity index (χ2v) is 9.07. The molecule has 0 saturated heterocycles. The first kappa shape index (κ1) is 21.0. The van der Waals surface area contributed by atoms with Gasteiger partial charge in [0.15, 0.2) is 17.0 Å². The number of fused-ring (bicyclic) bond motifs is 1. The Hall–Kier alpha value is -3.25. The van der Waals surface area contributed by atoms with Crippen LogP contribution in [0.25, 0.3) is 22.6 Å². The highest BCUT2D eigenvalue weighted by molar-refractivity contribution is 5.88. The molecule has 0 unspecified atom stereocenters. The number of aromatic nitrogens is 4. The van der Waals surface area contributed by atoms with Gasteiger partial charge in [-0.05, 0) is 38.6 Å². The van der Waals surface area contributed by atoms with E-state index in [4.69, 9.17) is 9.97 Å². The van der Waals surface area contributed by atoms with Gasteiger partial charge in [0.25, 0.3) is 0 Å². The number of hydrogen-bond donors (Lipinski definition) is 1. The van der Waals surface area contributed by atoms with Crippen LogP contribution in [-0.2, 0) is 6.54 Å². The predicted octanol–water partition coefficient (Wildman–Crippen LogP) is 5.13. The van der Waals surface area contributed by atoms with Crippen molar-refractivity contribution >= 4 is 22.7 Å². The van der Waals surface area contributed by atoms with Crippen molar-refractivity contribution in [1.82, 2.24) is 24.4 Å². The first-order valence-corrected chi connectivity index (χ1v) is 10.6. The van der Waals surface area contributed by atoms with E-state index in [-0.39, 0.29) is 5.41 Å². The van der Waals surface area contributed by atoms with E-state index in [1.54, 1.807) is 0 Å². The fourth-order valence-corrected chi connectivity index (χ4v) is 4.15. The molecule has 0 fully saturated rings. The Kier molecular flexibility index (Phi) is 5.74. The third-order valence-corrected chi connectivity index (χ3v) is 5.11. The lowest BCUT2D eigenvalue weighted by molar-refractivity contribution is 0.213. The zero-order chi connectivity index (χ0) is 22.0. The van der Waals surface area contributed by atoms with Crippen molar-refractivity contribution in [2.24, 2.45) is 5.41 Å². The standard InChI is InChI=1S/C25H30N6/c1-18-26-22(28-20-14-10-7-11-15-20)21-24(27-18)31(17-25(2,3)16-30(4)5)23(29-21)19-12-8-6-9-13-19/h6-15H,16-17H2,1-5H3,(H,26,27,28). The molecule has 4 aromatic rings. The molecule has 0 aliphatic carbocycles. The SMILES string of the molecule is Cc1nc(Nc2ccccc2)c2nc(-c3ccccc3)n(CC(C)(C)CN(C)C)c2n1. The summed E-state index contributed by atoms with van der Waals surface area (Å²) in [6, 6.07) is 20.4. The van der Waals surface area contributed by atoms with E-state index in [2.05, 4.69) is 59.8 Å². The van der Waals surface area contributed by atoms with Crippen LogP contribution in [0.15, 0.2) is 60.7 Å². The molecule has 0 radical (unpaired) electrons. The van der Waals surface area contributed by atoms with E-state index in [0.29, 0.717) is 0 Å². The van der Waals surface area contributed by atoms with Crippen LogP contribution >= 0.6 is 0 Å². The van der Waals surface area contributed by atoms with Gasteiger partial charge >= 0.3 is 0 Å². The number of imidazole rings is 1. The van der Waals surface area contributed by atoms with Crippen LogP contribution in [-0.4, -0.2) is 45.1 Å². The van der Waals surface area contributed by atoms with Crippen LogP contribution in [0.5, 0.6) is 0 Å². The monoisotopic (exact) mass is 414 g/mol. The van der Waals surface area contributed by atoms with Crippen molar-refractivity contribution in [3.05, 3.63) is 66.5 Å². The maximum absolute atomic E-state index is 5.05. The minimum absolute atomic E-state index is 0.0343. The molecular weight excluding hydrogens is 384 g/mol. The molecule has 2 aromatic carbocycles. The van der Waals surface area contributed by atoms with Crippen LogP contribution in [0.2, 0.25) is 0 Å². The quantitative estimate of drug-likeness (QED) is 0.454. The van der Waals surface area contributed by atoms with Gasteiger partial charge in [-0.2, -0.15) is 0 Å². The lowest BCUT2D eigenvalue weighted by Gasteiger charge is -2.29. The number of para-hydroxylation sites is 1. The Labute approximate surface area is 184 Å². The number of aryl methyl sites for hydroxylation is 1.